The highest BCUT2D eigenvalue weighted by Crippen LogP contribution is 2.39. The molecule has 1 heterocycles. The number of benzene rings is 2. The molecule has 0 aromatic heterocycles. The van der Waals surface area contributed by atoms with Gasteiger partial charge in [0.1, 0.15) is 11.6 Å². The van der Waals surface area contributed by atoms with Crippen molar-refractivity contribution in [2.75, 3.05) is 13.1 Å². The van der Waals surface area contributed by atoms with E-state index < -0.39 is 11.5 Å². The number of rotatable bonds is 3. The summed E-state index contributed by atoms with van der Waals surface area (Å²) >= 11 is 0. The number of halogens is 2. The summed E-state index contributed by atoms with van der Waals surface area (Å²) in [6, 6.07) is 12.3. The Morgan fingerprint density at radius 1 is 1.00 bits per heavy atom. The van der Waals surface area contributed by atoms with Gasteiger partial charge >= 0.3 is 0 Å². The van der Waals surface area contributed by atoms with E-state index in [1.165, 1.54) is 24.3 Å². The number of hydrogen-bond donors (Lipinski definition) is 2. The Morgan fingerprint density at radius 3 is 2.00 bits per heavy atom. The predicted octanol–water partition coefficient (Wildman–Crippen LogP) is 2.82. The van der Waals surface area contributed by atoms with Gasteiger partial charge in [0, 0.05) is 12.5 Å². The van der Waals surface area contributed by atoms with Crippen LogP contribution in [-0.4, -0.2) is 23.8 Å². The zero-order chi connectivity index (χ0) is 14.9. The summed E-state index contributed by atoms with van der Waals surface area (Å²) in [6.07, 6.45) is 0.546. The lowest BCUT2D eigenvalue weighted by molar-refractivity contribution is 0.0441. The Hall–Kier alpha value is -1.78. The van der Waals surface area contributed by atoms with Crippen molar-refractivity contribution in [3.05, 3.63) is 71.3 Å². The lowest BCUT2D eigenvalue weighted by Gasteiger charge is -2.33. The third kappa shape index (κ3) is 2.82. The number of aliphatic hydroxyl groups is 1. The molecule has 0 aliphatic carbocycles. The Balaban J connectivity index is 2.11. The van der Waals surface area contributed by atoms with Crippen molar-refractivity contribution in [3.8, 4) is 0 Å². The summed E-state index contributed by atoms with van der Waals surface area (Å²) in [5.41, 5.74) is 0.278. The van der Waals surface area contributed by atoms with E-state index >= 15 is 0 Å². The molecule has 0 saturated carbocycles. The average molecular weight is 289 g/mol. The fraction of sp³-hybridized carbons (Fsp3) is 0.294. The predicted molar refractivity (Wildman–Crippen MR) is 77.1 cm³/mol. The van der Waals surface area contributed by atoms with Crippen LogP contribution in [0.2, 0.25) is 0 Å². The molecule has 110 valence electrons. The van der Waals surface area contributed by atoms with Gasteiger partial charge in [0.05, 0.1) is 5.60 Å². The van der Waals surface area contributed by atoms with E-state index in [0.29, 0.717) is 30.6 Å². The SMILES string of the molecule is OC1(C(c2cccc(F)c2)c2cccc(F)c2)CCNC1. The second-order valence-corrected chi connectivity index (χ2v) is 5.57. The van der Waals surface area contributed by atoms with E-state index in [1.54, 1.807) is 24.3 Å². The summed E-state index contributed by atoms with van der Waals surface area (Å²) in [6.45, 7) is 1.10. The van der Waals surface area contributed by atoms with Crippen LogP contribution in [0.5, 0.6) is 0 Å². The van der Waals surface area contributed by atoms with Crippen molar-refractivity contribution in [1.29, 1.82) is 0 Å². The lowest BCUT2D eigenvalue weighted by Crippen LogP contribution is -2.39. The largest absolute Gasteiger partial charge is 0.388 e. The van der Waals surface area contributed by atoms with E-state index in [2.05, 4.69) is 5.32 Å². The van der Waals surface area contributed by atoms with Crippen molar-refractivity contribution in [2.24, 2.45) is 0 Å². The zero-order valence-electron chi connectivity index (χ0n) is 11.5. The molecule has 4 heteroatoms. The number of β-amino-alcohol motifs (C(OH)–C–C–N with tert-alkyl or cyclic N) is 1. The van der Waals surface area contributed by atoms with Crippen LogP contribution in [0, 0.1) is 11.6 Å². The average Bonchev–Trinajstić information content (AvgIpc) is 2.86. The monoisotopic (exact) mass is 289 g/mol. The first kappa shape index (κ1) is 14.2. The van der Waals surface area contributed by atoms with Gasteiger partial charge in [-0.25, -0.2) is 8.78 Å². The van der Waals surface area contributed by atoms with Gasteiger partial charge in [-0.3, -0.25) is 0 Å². The summed E-state index contributed by atoms with van der Waals surface area (Å²) in [5.74, 6) is -1.18. The molecule has 21 heavy (non-hydrogen) atoms. The molecule has 2 nitrogen and oxygen atoms in total. The van der Waals surface area contributed by atoms with Crippen LogP contribution in [0.25, 0.3) is 0 Å². The summed E-state index contributed by atoms with van der Waals surface area (Å²) in [5, 5.41) is 14.1. The molecule has 0 amide bonds. The molecule has 1 saturated heterocycles. The van der Waals surface area contributed by atoms with Crippen LogP contribution in [0.15, 0.2) is 48.5 Å². The van der Waals surface area contributed by atoms with Gasteiger partial charge in [0.15, 0.2) is 0 Å². The molecule has 0 bridgehead atoms. The second-order valence-electron chi connectivity index (χ2n) is 5.57. The molecular formula is C17H17F2NO. The summed E-state index contributed by atoms with van der Waals surface area (Å²) in [4.78, 5) is 0. The Kier molecular flexibility index (Phi) is 3.74. The quantitative estimate of drug-likeness (QED) is 0.910. The van der Waals surface area contributed by atoms with E-state index in [0.717, 1.165) is 0 Å². The van der Waals surface area contributed by atoms with Crippen molar-refractivity contribution >= 4 is 0 Å². The molecule has 1 atom stereocenters. The Bertz CT molecular complexity index is 593. The van der Waals surface area contributed by atoms with E-state index in [4.69, 9.17) is 0 Å². The topological polar surface area (TPSA) is 32.3 Å². The minimum Gasteiger partial charge on any atom is -0.388 e. The van der Waals surface area contributed by atoms with Gasteiger partial charge in [-0.2, -0.15) is 0 Å². The molecule has 2 N–H and O–H groups in total. The van der Waals surface area contributed by atoms with Crippen LogP contribution < -0.4 is 5.32 Å². The smallest absolute Gasteiger partial charge is 0.123 e. The first-order valence-electron chi connectivity index (χ1n) is 7.02. The molecule has 2 aromatic rings. The lowest BCUT2D eigenvalue weighted by atomic mass is 9.77. The van der Waals surface area contributed by atoms with Gasteiger partial charge in [0.2, 0.25) is 0 Å². The first-order chi connectivity index (χ1) is 10.1. The minimum atomic E-state index is -1.04. The van der Waals surface area contributed by atoms with Crippen molar-refractivity contribution in [3.63, 3.8) is 0 Å². The maximum atomic E-state index is 13.6. The molecule has 3 rings (SSSR count). The van der Waals surface area contributed by atoms with Crippen molar-refractivity contribution in [1.82, 2.24) is 5.32 Å². The zero-order valence-corrected chi connectivity index (χ0v) is 11.5. The summed E-state index contributed by atoms with van der Waals surface area (Å²) < 4.78 is 27.1. The van der Waals surface area contributed by atoms with Gasteiger partial charge in [-0.05, 0) is 48.4 Å². The van der Waals surface area contributed by atoms with Crippen LogP contribution in [-0.2, 0) is 0 Å². The molecule has 1 fully saturated rings. The van der Waals surface area contributed by atoms with Crippen LogP contribution in [0.4, 0.5) is 8.78 Å². The molecule has 2 aromatic carbocycles. The van der Waals surface area contributed by atoms with E-state index in [9.17, 15) is 13.9 Å². The molecule has 1 aliphatic rings. The third-order valence-electron chi connectivity index (χ3n) is 4.07. The maximum absolute atomic E-state index is 13.6. The highest BCUT2D eigenvalue weighted by Gasteiger charge is 2.41. The third-order valence-corrected chi connectivity index (χ3v) is 4.07. The number of hydrogen-bond acceptors (Lipinski definition) is 2. The normalized spacial score (nSPS) is 21.9. The first-order valence-corrected chi connectivity index (χ1v) is 7.02. The van der Waals surface area contributed by atoms with Crippen molar-refractivity contribution in [2.45, 2.75) is 17.9 Å². The molecule has 0 radical (unpaired) electrons. The second kappa shape index (κ2) is 5.54. The van der Waals surface area contributed by atoms with Gasteiger partial charge in [-0.1, -0.05) is 24.3 Å². The molecule has 0 spiro atoms. The number of nitrogens with one attached hydrogen (secondary N) is 1. The fourth-order valence-corrected chi connectivity index (χ4v) is 3.13. The van der Waals surface area contributed by atoms with E-state index in [1.807, 2.05) is 0 Å². The van der Waals surface area contributed by atoms with Gasteiger partial charge in [0.25, 0.3) is 0 Å². The molecule has 1 aliphatic heterocycles. The van der Waals surface area contributed by atoms with Crippen molar-refractivity contribution < 1.29 is 13.9 Å². The highest BCUT2D eigenvalue weighted by atomic mass is 19.1. The standard InChI is InChI=1S/C17H17F2NO/c18-14-5-1-3-12(9-14)16(17(21)7-8-20-11-17)13-4-2-6-15(19)10-13/h1-6,9-10,16,20-21H,7-8,11H2. The van der Waals surface area contributed by atoms with Crippen LogP contribution in [0.3, 0.4) is 0 Å². The van der Waals surface area contributed by atoms with Crippen LogP contribution >= 0.6 is 0 Å². The van der Waals surface area contributed by atoms with Crippen LogP contribution in [0.1, 0.15) is 23.5 Å². The van der Waals surface area contributed by atoms with E-state index in [-0.39, 0.29) is 11.6 Å². The Morgan fingerprint density at radius 2 is 1.57 bits per heavy atom. The minimum absolute atomic E-state index is 0.358. The molecule has 1 unspecified atom stereocenters. The highest BCUT2D eigenvalue weighted by molar-refractivity contribution is 5.37. The van der Waals surface area contributed by atoms with Gasteiger partial charge < -0.3 is 10.4 Å². The fourth-order valence-electron chi connectivity index (χ4n) is 3.13. The van der Waals surface area contributed by atoms with Gasteiger partial charge in [-0.15, -0.1) is 0 Å². The summed E-state index contributed by atoms with van der Waals surface area (Å²) in [7, 11) is 0. The maximum Gasteiger partial charge on any atom is 0.123 e. The molecular weight excluding hydrogens is 272 g/mol. The Labute approximate surface area is 122 Å².